The molecule has 0 atom stereocenters. The Morgan fingerprint density at radius 3 is 2.77 bits per heavy atom. The Hall–Kier alpha value is -1.44. The molecule has 0 aromatic heterocycles. The molecule has 1 aromatic rings. The molecule has 0 aliphatic heterocycles. The molecule has 0 bridgehead atoms. The molecule has 2 heteroatoms. The van der Waals surface area contributed by atoms with Gasteiger partial charge in [0.1, 0.15) is 5.82 Å². The van der Waals surface area contributed by atoms with Gasteiger partial charge in [0.2, 0.25) is 0 Å². The summed E-state index contributed by atoms with van der Waals surface area (Å²) in [4.78, 5) is 10.6. The van der Waals surface area contributed by atoms with Crippen molar-refractivity contribution >= 4 is 11.9 Å². The van der Waals surface area contributed by atoms with Crippen LogP contribution in [-0.2, 0) is 4.79 Å². The zero-order valence-corrected chi connectivity index (χ0v) is 7.67. The fraction of sp³-hybridized carbons (Fsp3) is 0.182. The molecule has 68 valence electrons. The molecule has 0 spiro atoms. The number of ketones is 1. The third kappa shape index (κ3) is 2.82. The second-order valence-corrected chi connectivity index (χ2v) is 2.97. The zero-order valence-electron chi connectivity index (χ0n) is 7.67. The monoisotopic (exact) mass is 178 g/mol. The summed E-state index contributed by atoms with van der Waals surface area (Å²) in [6.07, 6.45) is 2.85. The maximum Gasteiger partial charge on any atom is 0.152 e. The minimum absolute atomic E-state index is 0.0825. The van der Waals surface area contributed by atoms with Gasteiger partial charge in [0.25, 0.3) is 0 Å². The molecule has 0 saturated heterocycles. The van der Waals surface area contributed by atoms with E-state index in [4.69, 9.17) is 0 Å². The van der Waals surface area contributed by atoms with Crippen molar-refractivity contribution in [1.82, 2.24) is 0 Å². The van der Waals surface area contributed by atoms with E-state index in [9.17, 15) is 9.18 Å². The number of carbonyl (C=O) groups is 1. The standard InChI is InChI=1S/C11H11FO/c1-8-3-6-11(12)10(7-8)5-4-9(2)13/h3-7H,1-2H3. The summed E-state index contributed by atoms with van der Waals surface area (Å²) in [6, 6.07) is 4.80. The fourth-order valence-electron chi connectivity index (χ4n) is 0.998. The number of benzene rings is 1. The first-order chi connectivity index (χ1) is 6.09. The number of aryl methyl sites for hydroxylation is 1. The SMILES string of the molecule is CC(=O)C=Cc1cc(C)ccc1F. The largest absolute Gasteiger partial charge is 0.295 e. The predicted octanol–water partition coefficient (Wildman–Crippen LogP) is 2.74. The molecule has 1 rings (SSSR count). The van der Waals surface area contributed by atoms with Gasteiger partial charge in [-0.1, -0.05) is 11.6 Å². The summed E-state index contributed by atoms with van der Waals surface area (Å²) < 4.78 is 13.1. The van der Waals surface area contributed by atoms with Gasteiger partial charge in [0, 0.05) is 5.56 Å². The van der Waals surface area contributed by atoms with Crippen molar-refractivity contribution in [3.05, 3.63) is 41.2 Å². The minimum Gasteiger partial charge on any atom is -0.295 e. The Kier molecular flexibility index (Phi) is 2.96. The Morgan fingerprint density at radius 1 is 1.46 bits per heavy atom. The molecule has 13 heavy (non-hydrogen) atoms. The molecular weight excluding hydrogens is 167 g/mol. The Bertz CT molecular complexity index is 353. The van der Waals surface area contributed by atoms with Gasteiger partial charge in [-0.05, 0) is 38.1 Å². The highest BCUT2D eigenvalue weighted by Crippen LogP contribution is 2.11. The second kappa shape index (κ2) is 3.99. The van der Waals surface area contributed by atoms with E-state index >= 15 is 0 Å². The van der Waals surface area contributed by atoms with E-state index in [1.807, 2.05) is 6.92 Å². The number of allylic oxidation sites excluding steroid dienone is 1. The summed E-state index contributed by atoms with van der Waals surface area (Å²) in [7, 11) is 0. The fourth-order valence-corrected chi connectivity index (χ4v) is 0.998. The van der Waals surface area contributed by atoms with Crippen LogP contribution < -0.4 is 0 Å². The van der Waals surface area contributed by atoms with Crippen LogP contribution in [0.15, 0.2) is 24.3 Å². The maximum absolute atomic E-state index is 13.1. The van der Waals surface area contributed by atoms with Gasteiger partial charge in [0.05, 0.1) is 0 Å². The maximum atomic E-state index is 13.1. The number of halogens is 1. The van der Waals surface area contributed by atoms with Crippen LogP contribution in [-0.4, -0.2) is 5.78 Å². The first-order valence-corrected chi connectivity index (χ1v) is 4.04. The van der Waals surface area contributed by atoms with E-state index in [2.05, 4.69) is 0 Å². The molecule has 0 saturated carbocycles. The average molecular weight is 178 g/mol. The molecule has 0 radical (unpaired) electrons. The summed E-state index contributed by atoms with van der Waals surface area (Å²) >= 11 is 0. The Morgan fingerprint density at radius 2 is 2.15 bits per heavy atom. The quantitative estimate of drug-likeness (QED) is 0.636. The first kappa shape index (κ1) is 9.65. The number of carbonyl (C=O) groups excluding carboxylic acids is 1. The summed E-state index contributed by atoms with van der Waals surface area (Å²) in [5, 5.41) is 0. The molecule has 0 aliphatic carbocycles. The van der Waals surface area contributed by atoms with Crippen LogP contribution in [0.3, 0.4) is 0 Å². The third-order valence-electron chi connectivity index (χ3n) is 1.65. The van der Waals surface area contributed by atoms with Gasteiger partial charge in [-0.15, -0.1) is 0 Å². The van der Waals surface area contributed by atoms with Crippen molar-refractivity contribution < 1.29 is 9.18 Å². The van der Waals surface area contributed by atoms with Crippen molar-refractivity contribution in [2.24, 2.45) is 0 Å². The third-order valence-corrected chi connectivity index (χ3v) is 1.65. The van der Waals surface area contributed by atoms with Crippen molar-refractivity contribution in [2.75, 3.05) is 0 Å². The smallest absolute Gasteiger partial charge is 0.152 e. The average Bonchev–Trinajstić information content (AvgIpc) is 2.06. The molecule has 0 N–H and O–H groups in total. The summed E-state index contributed by atoms with van der Waals surface area (Å²) in [6.45, 7) is 3.31. The van der Waals surface area contributed by atoms with Gasteiger partial charge in [0.15, 0.2) is 5.78 Å². The highest BCUT2D eigenvalue weighted by molar-refractivity contribution is 5.91. The van der Waals surface area contributed by atoms with Crippen molar-refractivity contribution in [3.8, 4) is 0 Å². The molecule has 0 amide bonds. The lowest BCUT2D eigenvalue weighted by molar-refractivity contribution is -0.112. The number of rotatable bonds is 2. The van der Waals surface area contributed by atoms with Crippen LogP contribution in [0.5, 0.6) is 0 Å². The zero-order chi connectivity index (χ0) is 9.84. The number of hydrogen-bond donors (Lipinski definition) is 0. The molecule has 0 heterocycles. The van der Waals surface area contributed by atoms with E-state index in [-0.39, 0.29) is 11.6 Å². The summed E-state index contributed by atoms with van der Waals surface area (Å²) in [5.41, 5.74) is 1.43. The van der Waals surface area contributed by atoms with Gasteiger partial charge < -0.3 is 0 Å². The van der Waals surface area contributed by atoms with Gasteiger partial charge in [-0.25, -0.2) is 4.39 Å². The lowest BCUT2D eigenvalue weighted by Crippen LogP contribution is -1.85. The number of hydrogen-bond acceptors (Lipinski definition) is 1. The Labute approximate surface area is 76.9 Å². The highest BCUT2D eigenvalue weighted by Gasteiger charge is 1.97. The minimum atomic E-state index is -0.303. The molecular formula is C11H11FO. The van der Waals surface area contributed by atoms with E-state index in [1.165, 1.54) is 25.1 Å². The molecule has 0 fully saturated rings. The van der Waals surface area contributed by atoms with E-state index < -0.39 is 0 Å². The van der Waals surface area contributed by atoms with Crippen LogP contribution in [0.1, 0.15) is 18.1 Å². The normalized spacial score (nSPS) is 10.7. The Balaban J connectivity index is 3.00. The van der Waals surface area contributed by atoms with Gasteiger partial charge >= 0.3 is 0 Å². The molecule has 0 unspecified atom stereocenters. The van der Waals surface area contributed by atoms with Crippen molar-refractivity contribution in [2.45, 2.75) is 13.8 Å². The van der Waals surface area contributed by atoms with E-state index in [0.29, 0.717) is 5.56 Å². The van der Waals surface area contributed by atoms with Crippen molar-refractivity contribution in [1.29, 1.82) is 0 Å². The molecule has 0 aliphatic rings. The molecule has 1 aromatic carbocycles. The van der Waals surface area contributed by atoms with Crippen LogP contribution in [0.25, 0.3) is 6.08 Å². The lowest BCUT2D eigenvalue weighted by Gasteiger charge is -1.97. The predicted molar refractivity (Wildman–Crippen MR) is 50.9 cm³/mol. The van der Waals surface area contributed by atoms with E-state index in [1.54, 1.807) is 12.1 Å². The first-order valence-electron chi connectivity index (χ1n) is 4.04. The van der Waals surface area contributed by atoms with Crippen LogP contribution in [0.2, 0.25) is 0 Å². The lowest BCUT2D eigenvalue weighted by atomic mass is 10.1. The van der Waals surface area contributed by atoms with Crippen LogP contribution >= 0.6 is 0 Å². The summed E-state index contributed by atoms with van der Waals surface area (Å²) in [5.74, 6) is -0.385. The van der Waals surface area contributed by atoms with Crippen LogP contribution in [0, 0.1) is 12.7 Å². The van der Waals surface area contributed by atoms with E-state index in [0.717, 1.165) is 5.56 Å². The van der Waals surface area contributed by atoms with Crippen molar-refractivity contribution in [3.63, 3.8) is 0 Å². The van der Waals surface area contributed by atoms with Gasteiger partial charge in [-0.3, -0.25) is 4.79 Å². The highest BCUT2D eigenvalue weighted by atomic mass is 19.1. The van der Waals surface area contributed by atoms with Crippen LogP contribution in [0.4, 0.5) is 4.39 Å². The van der Waals surface area contributed by atoms with Gasteiger partial charge in [-0.2, -0.15) is 0 Å². The topological polar surface area (TPSA) is 17.1 Å². The molecule has 1 nitrogen and oxygen atoms in total. The second-order valence-electron chi connectivity index (χ2n) is 2.97.